The highest BCUT2D eigenvalue weighted by molar-refractivity contribution is 6.05. The number of anilines is 1. The molecule has 1 aromatic heterocycles. The summed E-state index contributed by atoms with van der Waals surface area (Å²) < 4.78 is 38.2. The van der Waals surface area contributed by atoms with Crippen LogP contribution in [0.4, 0.5) is 19.0 Å². The fourth-order valence-corrected chi connectivity index (χ4v) is 4.63. The molecule has 0 spiro atoms. The van der Waals surface area contributed by atoms with Gasteiger partial charge >= 0.3 is 6.18 Å². The number of nitrogens with zero attached hydrogens (tertiary/aromatic N) is 4. The highest BCUT2D eigenvalue weighted by Gasteiger charge is 2.47. The van der Waals surface area contributed by atoms with Crippen molar-refractivity contribution in [2.45, 2.75) is 31.1 Å². The molecule has 2 aliphatic heterocycles. The zero-order valence-corrected chi connectivity index (χ0v) is 18.8. The van der Waals surface area contributed by atoms with Crippen LogP contribution in [-0.2, 0) is 15.8 Å². The van der Waals surface area contributed by atoms with Gasteiger partial charge in [-0.05, 0) is 36.6 Å². The molecule has 1 aliphatic carbocycles. The van der Waals surface area contributed by atoms with E-state index in [0.29, 0.717) is 43.1 Å². The number of alkyl halides is 3. The third-order valence-corrected chi connectivity index (χ3v) is 6.63. The Morgan fingerprint density at radius 2 is 1.74 bits per heavy atom. The first kappa shape index (κ1) is 23.1. The summed E-state index contributed by atoms with van der Waals surface area (Å²) in [6.07, 6.45) is -1.91. The van der Waals surface area contributed by atoms with E-state index in [0.717, 1.165) is 25.1 Å². The Morgan fingerprint density at radius 3 is 2.37 bits per heavy atom. The lowest BCUT2D eigenvalue weighted by molar-refractivity contribution is -0.137. The molecule has 1 atom stereocenters. The first-order chi connectivity index (χ1) is 16.7. The van der Waals surface area contributed by atoms with Crippen LogP contribution in [0.2, 0.25) is 0 Å². The van der Waals surface area contributed by atoms with Crippen LogP contribution in [0.15, 0.2) is 42.6 Å². The molecule has 3 aliphatic rings. The highest BCUT2D eigenvalue weighted by atomic mass is 19.4. The molecule has 5 rings (SSSR count). The minimum atomic E-state index is -4.44. The van der Waals surface area contributed by atoms with Gasteiger partial charge in [-0.3, -0.25) is 14.4 Å². The van der Waals surface area contributed by atoms with Crippen LogP contribution in [0.1, 0.15) is 40.4 Å². The Bertz CT molecular complexity index is 1140. The molecule has 1 unspecified atom stereocenters. The standard InChI is InChI=1S/C24H24F3N5O3/c25-24(26,27)15-5-8-19(28-13-15)30-9-11-31(12-10-30)20(33)14-29-22(34)21-17-3-1-2-4-18(17)23(35)32(21)16-6-7-16/h1-5,8,13,16,21H,6-7,9-12,14H2,(H,29,34). The minimum absolute atomic E-state index is 0.0493. The molecule has 3 heterocycles. The Morgan fingerprint density at radius 1 is 1.03 bits per heavy atom. The molecular formula is C24H24F3N5O3. The molecule has 0 radical (unpaired) electrons. The maximum absolute atomic E-state index is 13.0. The average Bonchev–Trinajstić information content (AvgIpc) is 3.65. The number of hydrogen-bond donors (Lipinski definition) is 1. The number of carbonyl (C=O) groups excluding carboxylic acids is 3. The number of hydrogen-bond acceptors (Lipinski definition) is 5. The Balaban J connectivity index is 1.16. The lowest BCUT2D eigenvalue weighted by Crippen LogP contribution is -2.52. The van der Waals surface area contributed by atoms with E-state index >= 15 is 0 Å². The molecule has 1 saturated heterocycles. The summed E-state index contributed by atoms with van der Waals surface area (Å²) >= 11 is 0. The third kappa shape index (κ3) is 4.54. The van der Waals surface area contributed by atoms with Gasteiger partial charge in [-0.15, -0.1) is 0 Å². The van der Waals surface area contributed by atoms with Gasteiger partial charge in [-0.2, -0.15) is 13.2 Å². The lowest BCUT2D eigenvalue weighted by atomic mass is 10.0. The number of halogens is 3. The smallest absolute Gasteiger partial charge is 0.353 e. The van der Waals surface area contributed by atoms with E-state index in [4.69, 9.17) is 0 Å². The molecule has 1 aromatic carbocycles. The van der Waals surface area contributed by atoms with E-state index in [1.807, 2.05) is 4.90 Å². The predicted octanol–water partition coefficient (Wildman–Crippen LogP) is 2.22. The Kier molecular flexibility index (Phi) is 5.86. The summed E-state index contributed by atoms with van der Waals surface area (Å²) in [5.74, 6) is -0.365. The largest absolute Gasteiger partial charge is 0.417 e. The summed E-state index contributed by atoms with van der Waals surface area (Å²) in [7, 11) is 0. The molecular weight excluding hydrogens is 463 g/mol. The van der Waals surface area contributed by atoms with E-state index in [1.54, 1.807) is 34.1 Å². The molecule has 35 heavy (non-hydrogen) atoms. The molecule has 1 N–H and O–H groups in total. The van der Waals surface area contributed by atoms with Gasteiger partial charge in [0, 0.05) is 44.0 Å². The number of fused-ring (bicyclic) bond motifs is 1. The van der Waals surface area contributed by atoms with Crippen molar-refractivity contribution in [2.24, 2.45) is 0 Å². The fraction of sp³-hybridized carbons (Fsp3) is 0.417. The van der Waals surface area contributed by atoms with E-state index in [1.165, 1.54) is 6.07 Å². The Hall–Kier alpha value is -3.63. The topological polar surface area (TPSA) is 85.9 Å². The second kappa shape index (κ2) is 8.86. The number of pyridine rings is 1. The summed E-state index contributed by atoms with van der Waals surface area (Å²) in [5, 5.41) is 2.70. The molecule has 8 nitrogen and oxygen atoms in total. The van der Waals surface area contributed by atoms with Gasteiger partial charge in [0.25, 0.3) is 5.91 Å². The van der Waals surface area contributed by atoms with Crippen LogP contribution in [0.5, 0.6) is 0 Å². The first-order valence-corrected chi connectivity index (χ1v) is 11.5. The van der Waals surface area contributed by atoms with E-state index < -0.39 is 17.8 Å². The van der Waals surface area contributed by atoms with Crippen LogP contribution in [0.3, 0.4) is 0 Å². The zero-order valence-electron chi connectivity index (χ0n) is 18.8. The summed E-state index contributed by atoms with van der Waals surface area (Å²) in [4.78, 5) is 47.5. The van der Waals surface area contributed by atoms with Gasteiger partial charge in [0.2, 0.25) is 11.8 Å². The summed E-state index contributed by atoms with van der Waals surface area (Å²) in [6.45, 7) is 1.35. The molecule has 184 valence electrons. The molecule has 11 heteroatoms. The van der Waals surface area contributed by atoms with Crippen LogP contribution in [0, 0.1) is 0 Å². The SMILES string of the molecule is O=C(NCC(=O)N1CCN(c2ccc(C(F)(F)F)cn2)CC1)C1c2ccccc2C(=O)N1C1CC1. The first-order valence-electron chi connectivity index (χ1n) is 11.5. The molecule has 2 fully saturated rings. The molecule has 1 saturated carbocycles. The minimum Gasteiger partial charge on any atom is -0.353 e. The number of carbonyl (C=O) groups is 3. The van der Waals surface area contributed by atoms with E-state index in [9.17, 15) is 27.6 Å². The monoisotopic (exact) mass is 487 g/mol. The van der Waals surface area contributed by atoms with Crippen molar-refractivity contribution in [3.05, 3.63) is 59.3 Å². The highest BCUT2D eigenvalue weighted by Crippen LogP contribution is 2.41. The van der Waals surface area contributed by atoms with Crippen molar-refractivity contribution in [2.75, 3.05) is 37.6 Å². The zero-order chi connectivity index (χ0) is 24.7. The normalized spacial score (nSPS) is 20.1. The van der Waals surface area contributed by atoms with E-state index in [-0.39, 0.29) is 30.3 Å². The van der Waals surface area contributed by atoms with Crippen molar-refractivity contribution in [3.8, 4) is 0 Å². The van der Waals surface area contributed by atoms with E-state index in [2.05, 4.69) is 10.3 Å². The van der Waals surface area contributed by atoms with Gasteiger partial charge < -0.3 is 20.0 Å². The predicted molar refractivity (Wildman–Crippen MR) is 119 cm³/mol. The number of benzene rings is 1. The number of rotatable bonds is 5. The molecule has 3 amide bonds. The third-order valence-electron chi connectivity index (χ3n) is 6.63. The van der Waals surface area contributed by atoms with Gasteiger partial charge in [0.05, 0.1) is 12.1 Å². The molecule has 0 bridgehead atoms. The van der Waals surface area contributed by atoms with Gasteiger partial charge in [-0.1, -0.05) is 18.2 Å². The maximum Gasteiger partial charge on any atom is 0.417 e. The van der Waals surface area contributed by atoms with Crippen molar-refractivity contribution in [1.82, 2.24) is 20.1 Å². The second-order valence-electron chi connectivity index (χ2n) is 8.92. The molecule has 2 aromatic rings. The van der Waals surface area contributed by atoms with Crippen molar-refractivity contribution in [3.63, 3.8) is 0 Å². The second-order valence-corrected chi connectivity index (χ2v) is 8.92. The van der Waals surface area contributed by atoms with Crippen molar-refractivity contribution < 1.29 is 27.6 Å². The fourth-order valence-electron chi connectivity index (χ4n) is 4.63. The summed E-state index contributed by atoms with van der Waals surface area (Å²) in [6, 6.07) is 8.69. The average molecular weight is 487 g/mol. The van der Waals surface area contributed by atoms with Crippen molar-refractivity contribution in [1.29, 1.82) is 0 Å². The van der Waals surface area contributed by atoms with Crippen molar-refractivity contribution >= 4 is 23.5 Å². The van der Waals surface area contributed by atoms with Crippen LogP contribution < -0.4 is 10.2 Å². The quantitative estimate of drug-likeness (QED) is 0.699. The lowest BCUT2D eigenvalue weighted by Gasteiger charge is -2.35. The Labute approximate surface area is 199 Å². The van der Waals surface area contributed by atoms with Crippen LogP contribution >= 0.6 is 0 Å². The number of piperazine rings is 1. The van der Waals surface area contributed by atoms with Gasteiger partial charge in [0.1, 0.15) is 11.9 Å². The summed E-state index contributed by atoms with van der Waals surface area (Å²) in [5.41, 5.74) is 0.378. The number of amides is 3. The van der Waals surface area contributed by atoms with Crippen LogP contribution in [-0.4, -0.2) is 71.3 Å². The maximum atomic E-state index is 13.0. The van der Waals surface area contributed by atoms with Crippen LogP contribution in [0.25, 0.3) is 0 Å². The van der Waals surface area contributed by atoms with Gasteiger partial charge in [-0.25, -0.2) is 4.98 Å². The number of nitrogens with one attached hydrogen (secondary N) is 1. The number of aromatic nitrogens is 1. The van der Waals surface area contributed by atoms with Gasteiger partial charge in [0.15, 0.2) is 0 Å².